The van der Waals surface area contributed by atoms with Crippen molar-refractivity contribution in [3.05, 3.63) is 18.1 Å². The zero-order valence-corrected chi connectivity index (χ0v) is 10.2. The quantitative estimate of drug-likeness (QED) is 0.844. The third-order valence-electron chi connectivity index (χ3n) is 1.83. The van der Waals surface area contributed by atoms with Crippen LogP contribution in [-0.2, 0) is 0 Å². The molecule has 0 saturated carbocycles. The van der Waals surface area contributed by atoms with Gasteiger partial charge in [0.15, 0.2) is 0 Å². The molecule has 2 aromatic rings. The molecule has 0 aromatic carbocycles. The highest BCUT2D eigenvalue weighted by atomic mass is 16.5. The van der Waals surface area contributed by atoms with Crippen LogP contribution >= 0.6 is 0 Å². The standard InChI is InChI=1S/C9H12N4O.C2H6/c1-3-14-9-8-11-6(2)4-13(8)5-7(10)12-9;1-2/h4-5H,3,10H2,1-2H3;1-2H3. The van der Waals surface area contributed by atoms with Gasteiger partial charge in [-0.1, -0.05) is 13.8 Å². The van der Waals surface area contributed by atoms with E-state index in [9.17, 15) is 0 Å². The summed E-state index contributed by atoms with van der Waals surface area (Å²) in [6.07, 6.45) is 3.60. The Morgan fingerprint density at radius 1 is 1.31 bits per heavy atom. The number of ether oxygens (including phenoxy) is 1. The lowest BCUT2D eigenvalue weighted by Crippen LogP contribution is -2.01. The molecule has 0 spiro atoms. The van der Waals surface area contributed by atoms with Crippen LogP contribution in [0.3, 0.4) is 0 Å². The molecule has 5 nitrogen and oxygen atoms in total. The molecule has 16 heavy (non-hydrogen) atoms. The lowest BCUT2D eigenvalue weighted by molar-refractivity contribution is 0.329. The van der Waals surface area contributed by atoms with Gasteiger partial charge in [0, 0.05) is 6.20 Å². The maximum atomic E-state index is 5.62. The Labute approximate surface area is 95.3 Å². The Bertz CT molecular complexity index is 464. The number of nitrogens with zero attached hydrogens (tertiary/aromatic N) is 3. The van der Waals surface area contributed by atoms with E-state index in [1.807, 2.05) is 38.3 Å². The van der Waals surface area contributed by atoms with Crippen molar-refractivity contribution in [1.29, 1.82) is 0 Å². The van der Waals surface area contributed by atoms with E-state index in [-0.39, 0.29) is 0 Å². The van der Waals surface area contributed by atoms with Crippen molar-refractivity contribution in [1.82, 2.24) is 14.4 Å². The summed E-state index contributed by atoms with van der Waals surface area (Å²) in [5.41, 5.74) is 7.25. The van der Waals surface area contributed by atoms with E-state index in [1.165, 1.54) is 0 Å². The highest BCUT2D eigenvalue weighted by Gasteiger charge is 2.07. The molecule has 0 aliphatic heterocycles. The number of nitrogen functional groups attached to an aromatic ring is 1. The topological polar surface area (TPSA) is 65.4 Å². The van der Waals surface area contributed by atoms with Crippen LogP contribution in [-0.4, -0.2) is 21.0 Å². The number of hydrogen-bond acceptors (Lipinski definition) is 4. The van der Waals surface area contributed by atoms with Crippen molar-refractivity contribution in [2.24, 2.45) is 0 Å². The van der Waals surface area contributed by atoms with Crippen LogP contribution in [0, 0.1) is 6.92 Å². The zero-order valence-electron chi connectivity index (χ0n) is 10.2. The van der Waals surface area contributed by atoms with Gasteiger partial charge in [0.2, 0.25) is 5.65 Å². The molecule has 0 fully saturated rings. The lowest BCUT2D eigenvalue weighted by Gasteiger charge is -2.04. The number of fused-ring (bicyclic) bond motifs is 1. The average Bonchev–Trinajstić information content (AvgIpc) is 2.62. The fourth-order valence-corrected chi connectivity index (χ4v) is 1.34. The van der Waals surface area contributed by atoms with Gasteiger partial charge in [-0.2, -0.15) is 4.98 Å². The highest BCUT2D eigenvalue weighted by molar-refractivity contribution is 5.53. The van der Waals surface area contributed by atoms with E-state index in [2.05, 4.69) is 9.97 Å². The van der Waals surface area contributed by atoms with Crippen molar-refractivity contribution in [2.45, 2.75) is 27.7 Å². The van der Waals surface area contributed by atoms with Crippen LogP contribution in [0.15, 0.2) is 12.4 Å². The number of aromatic nitrogens is 3. The summed E-state index contributed by atoms with van der Waals surface area (Å²) >= 11 is 0. The van der Waals surface area contributed by atoms with Gasteiger partial charge in [-0.15, -0.1) is 0 Å². The molecule has 0 radical (unpaired) electrons. The second-order valence-corrected chi connectivity index (χ2v) is 3.02. The van der Waals surface area contributed by atoms with Crippen LogP contribution < -0.4 is 10.5 Å². The maximum absolute atomic E-state index is 5.62. The smallest absolute Gasteiger partial charge is 0.260 e. The van der Waals surface area contributed by atoms with Gasteiger partial charge in [0.25, 0.3) is 5.88 Å². The van der Waals surface area contributed by atoms with Gasteiger partial charge >= 0.3 is 0 Å². The van der Waals surface area contributed by atoms with Gasteiger partial charge in [-0.3, -0.25) is 4.40 Å². The molecule has 0 aliphatic carbocycles. The molecule has 88 valence electrons. The first-order chi connectivity index (χ1) is 7.70. The summed E-state index contributed by atoms with van der Waals surface area (Å²) in [5.74, 6) is 0.916. The second kappa shape index (κ2) is 5.34. The van der Waals surface area contributed by atoms with Gasteiger partial charge in [-0.25, -0.2) is 4.98 Å². The van der Waals surface area contributed by atoms with Crippen molar-refractivity contribution in [3.8, 4) is 5.88 Å². The largest absolute Gasteiger partial charge is 0.475 e. The van der Waals surface area contributed by atoms with Crippen molar-refractivity contribution >= 4 is 11.5 Å². The summed E-state index contributed by atoms with van der Waals surface area (Å²) < 4.78 is 7.16. The Kier molecular flexibility index (Phi) is 4.10. The maximum Gasteiger partial charge on any atom is 0.260 e. The van der Waals surface area contributed by atoms with E-state index in [0.717, 1.165) is 5.69 Å². The van der Waals surface area contributed by atoms with Gasteiger partial charge in [0.1, 0.15) is 5.82 Å². The van der Waals surface area contributed by atoms with Crippen molar-refractivity contribution in [3.63, 3.8) is 0 Å². The first-order valence-corrected chi connectivity index (χ1v) is 5.45. The third-order valence-corrected chi connectivity index (χ3v) is 1.83. The van der Waals surface area contributed by atoms with Crippen LogP contribution in [0.5, 0.6) is 5.88 Å². The number of aryl methyl sites for hydroxylation is 1. The summed E-state index contributed by atoms with van der Waals surface area (Å²) in [4.78, 5) is 8.37. The Morgan fingerprint density at radius 2 is 2.00 bits per heavy atom. The monoisotopic (exact) mass is 222 g/mol. The number of nitrogens with two attached hydrogens (primary N) is 1. The second-order valence-electron chi connectivity index (χ2n) is 3.02. The zero-order chi connectivity index (χ0) is 12.1. The summed E-state index contributed by atoms with van der Waals surface area (Å²) in [7, 11) is 0. The van der Waals surface area contributed by atoms with Crippen LogP contribution in [0.1, 0.15) is 26.5 Å². The minimum atomic E-state index is 0.429. The fourth-order valence-electron chi connectivity index (χ4n) is 1.34. The lowest BCUT2D eigenvalue weighted by atomic mass is 10.6. The molecule has 2 N–H and O–H groups in total. The van der Waals surface area contributed by atoms with Crippen molar-refractivity contribution < 1.29 is 4.74 Å². The molecule has 0 amide bonds. The molecule has 5 heteroatoms. The predicted molar refractivity (Wildman–Crippen MR) is 64.7 cm³/mol. The summed E-state index contributed by atoms with van der Waals surface area (Å²) in [6.45, 7) is 8.37. The molecule has 0 unspecified atom stereocenters. The van der Waals surface area contributed by atoms with E-state index >= 15 is 0 Å². The number of imidazole rings is 1. The van der Waals surface area contributed by atoms with Gasteiger partial charge in [-0.05, 0) is 13.8 Å². The molecule has 2 heterocycles. The predicted octanol–water partition coefficient (Wildman–Crippen LogP) is 2.04. The Balaban J connectivity index is 0.000000606. The number of rotatable bonds is 2. The van der Waals surface area contributed by atoms with E-state index < -0.39 is 0 Å². The van der Waals surface area contributed by atoms with Gasteiger partial charge in [0.05, 0.1) is 18.5 Å². The molecular formula is C11H18N4O. The number of hydrogen-bond donors (Lipinski definition) is 1. The van der Waals surface area contributed by atoms with Crippen LogP contribution in [0.25, 0.3) is 5.65 Å². The molecule has 2 rings (SSSR count). The summed E-state index contributed by atoms with van der Waals surface area (Å²) in [5, 5.41) is 0. The van der Waals surface area contributed by atoms with E-state index in [0.29, 0.717) is 24.0 Å². The molecular weight excluding hydrogens is 204 g/mol. The minimum Gasteiger partial charge on any atom is -0.475 e. The molecule has 0 atom stereocenters. The normalized spacial score (nSPS) is 9.75. The first-order valence-electron chi connectivity index (χ1n) is 5.45. The van der Waals surface area contributed by atoms with E-state index in [4.69, 9.17) is 10.5 Å². The van der Waals surface area contributed by atoms with Crippen LogP contribution in [0.4, 0.5) is 5.82 Å². The highest BCUT2D eigenvalue weighted by Crippen LogP contribution is 2.18. The van der Waals surface area contributed by atoms with Crippen LogP contribution in [0.2, 0.25) is 0 Å². The Morgan fingerprint density at radius 3 is 2.62 bits per heavy atom. The fraction of sp³-hybridized carbons (Fsp3) is 0.455. The molecule has 0 saturated heterocycles. The first kappa shape index (κ1) is 12.3. The SMILES string of the molecule is CC.CCOc1nc(N)cn2cc(C)nc12. The summed E-state index contributed by atoms with van der Waals surface area (Å²) in [6, 6.07) is 0. The third kappa shape index (κ3) is 2.42. The average molecular weight is 222 g/mol. The number of anilines is 1. The molecule has 0 aliphatic rings. The minimum absolute atomic E-state index is 0.429. The molecule has 0 bridgehead atoms. The van der Waals surface area contributed by atoms with Gasteiger partial charge < -0.3 is 10.5 Å². The van der Waals surface area contributed by atoms with Crippen molar-refractivity contribution in [2.75, 3.05) is 12.3 Å². The van der Waals surface area contributed by atoms with E-state index in [1.54, 1.807) is 6.20 Å². The Hall–Kier alpha value is -1.78. The molecule has 2 aromatic heterocycles.